The van der Waals surface area contributed by atoms with Crippen LogP contribution in [0, 0.1) is 11.6 Å². The first kappa shape index (κ1) is 25.8. The predicted molar refractivity (Wildman–Crippen MR) is 133 cm³/mol. The van der Waals surface area contributed by atoms with Gasteiger partial charge in [0.1, 0.15) is 11.5 Å². The minimum atomic E-state index is -2.91. The number of nitrogens with zero attached hydrogens (tertiary/aromatic N) is 6. The number of aromatic nitrogens is 5. The molecule has 2 aromatic carbocycles. The van der Waals surface area contributed by atoms with Crippen molar-refractivity contribution in [1.29, 1.82) is 0 Å². The van der Waals surface area contributed by atoms with E-state index < -0.39 is 24.0 Å². The maximum Gasteiger partial charge on any atom is 0.314 e. The third-order valence-corrected chi connectivity index (χ3v) is 6.56. The van der Waals surface area contributed by atoms with Gasteiger partial charge in [0.15, 0.2) is 5.82 Å². The molecule has 3 heterocycles. The summed E-state index contributed by atoms with van der Waals surface area (Å²) in [4.78, 5) is 2.42. The molecule has 1 aliphatic rings. The van der Waals surface area contributed by atoms with Crippen LogP contribution in [0.1, 0.15) is 44.1 Å². The average molecular weight is 530 g/mol. The summed E-state index contributed by atoms with van der Waals surface area (Å²) in [6.07, 6.45) is 1.66. The molecule has 8 nitrogen and oxygen atoms in total. The lowest BCUT2D eigenvalue weighted by Gasteiger charge is -2.32. The highest BCUT2D eigenvalue weighted by Crippen LogP contribution is 2.29. The van der Waals surface area contributed by atoms with E-state index in [1.807, 2.05) is 0 Å². The number of benzene rings is 2. The number of anilines is 1. The van der Waals surface area contributed by atoms with Gasteiger partial charge in [-0.3, -0.25) is 0 Å². The minimum Gasteiger partial charge on any atom is -0.415 e. The van der Waals surface area contributed by atoms with Crippen molar-refractivity contribution in [3.8, 4) is 22.7 Å². The number of likely N-dealkylation sites (tertiary alicyclic amines) is 1. The van der Waals surface area contributed by atoms with E-state index in [4.69, 9.17) is 4.42 Å². The Bertz CT molecular complexity index is 1380. The fraction of sp³-hybridized carbons (Fsp3) is 0.385. The summed E-state index contributed by atoms with van der Waals surface area (Å²) in [6, 6.07) is 9.39. The van der Waals surface area contributed by atoms with Crippen LogP contribution in [0.4, 0.5) is 23.2 Å². The lowest BCUT2D eigenvalue weighted by molar-refractivity contribution is 0.116. The maximum absolute atomic E-state index is 15.4. The number of nitrogens with one attached hydrogen (secondary N) is 1. The van der Waals surface area contributed by atoms with E-state index in [2.05, 4.69) is 37.6 Å². The molecule has 0 saturated carbocycles. The summed E-state index contributed by atoms with van der Waals surface area (Å²) in [5.41, 5.74) is 1.48. The Morgan fingerprint density at radius 1 is 1.08 bits per heavy atom. The summed E-state index contributed by atoms with van der Waals surface area (Å²) in [7, 11) is 0. The molecule has 0 aliphatic carbocycles. The van der Waals surface area contributed by atoms with Gasteiger partial charge >= 0.3 is 6.43 Å². The molecule has 5 rings (SSSR count). The first-order chi connectivity index (χ1) is 18.4. The van der Waals surface area contributed by atoms with Crippen LogP contribution >= 0.6 is 0 Å². The smallest absolute Gasteiger partial charge is 0.314 e. The lowest BCUT2D eigenvalue weighted by atomic mass is 10.0. The molecular weight excluding hydrogens is 502 g/mol. The molecule has 0 radical (unpaired) electrons. The van der Waals surface area contributed by atoms with Crippen LogP contribution in [-0.2, 0) is 6.54 Å². The summed E-state index contributed by atoms with van der Waals surface area (Å²) >= 11 is 0. The van der Waals surface area contributed by atoms with Crippen LogP contribution in [0.25, 0.3) is 22.7 Å². The zero-order valence-electron chi connectivity index (χ0n) is 20.7. The van der Waals surface area contributed by atoms with Crippen molar-refractivity contribution in [3.63, 3.8) is 0 Å². The minimum absolute atomic E-state index is 0.0289. The largest absolute Gasteiger partial charge is 0.415 e. The van der Waals surface area contributed by atoms with Gasteiger partial charge in [-0.2, -0.15) is 8.78 Å². The lowest BCUT2D eigenvalue weighted by Crippen LogP contribution is -2.39. The number of piperidine rings is 1. The summed E-state index contributed by atoms with van der Waals surface area (Å²) < 4.78 is 61.8. The first-order valence-corrected chi connectivity index (χ1v) is 12.5. The van der Waals surface area contributed by atoms with Crippen molar-refractivity contribution in [3.05, 3.63) is 65.7 Å². The molecule has 1 fully saturated rings. The second-order valence-electron chi connectivity index (χ2n) is 9.28. The van der Waals surface area contributed by atoms with Gasteiger partial charge in [0.25, 0.3) is 5.89 Å². The van der Waals surface area contributed by atoms with Crippen LogP contribution in [0.2, 0.25) is 0 Å². The molecule has 38 heavy (non-hydrogen) atoms. The number of hydrogen-bond acceptors (Lipinski definition) is 7. The van der Waals surface area contributed by atoms with Crippen molar-refractivity contribution in [1.82, 2.24) is 30.1 Å². The van der Waals surface area contributed by atoms with Crippen molar-refractivity contribution in [2.24, 2.45) is 0 Å². The van der Waals surface area contributed by atoms with Gasteiger partial charge in [-0.25, -0.2) is 13.5 Å². The fourth-order valence-electron chi connectivity index (χ4n) is 4.60. The zero-order valence-corrected chi connectivity index (χ0v) is 20.7. The molecule has 0 unspecified atom stereocenters. The maximum atomic E-state index is 15.4. The van der Waals surface area contributed by atoms with Crippen molar-refractivity contribution >= 4 is 5.69 Å². The fourth-order valence-corrected chi connectivity index (χ4v) is 4.60. The quantitative estimate of drug-likeness (QED) is 0.285. The topological polar surface area (TPSA) is 84.9 Å². The van der Waals surface area contributed by atoms with E-state index in [0.717, 1.165) is 45.0 Å². The molecule has 1 saturated heterocycles. The Balaban J connectivity index is 1.27. The van der Waals surface area contributed by atoms with E-state index >= 15 is 4.39 Å². The SMILES string of the molecule is CCCN1CCC(Nc2cccc(-c3cn(Cc4ccc(-c5nnc(C(F)F)o5)cc4F)nn3)c2F)CC1. The van der Waals surface area contributed by atoms with Gasteiger partial charge in [-0.15, -0.1) is 15.3 Å². The second kappa shape index (κ2) is 11.3. The highest BCUT2D eigenvalue weighted by atomic mass is 19.3. The monoisotopic (exact) mass is 529 g/mol. The number of hydrogen-bond donors (Lipinski definition) is 1. The molecule has 0 spiro atoms. The van der Waals surface area contributed by atoms with Gasteiger partial charge < -0.3 is 14.6 Å². The van der Waals surface area contributed by atoms with Crippen LogP contribution in [0.3, 0.4) is 0 Å². The number of rotatable bonds is 9. The third kappa shape index (κ3) is 5.69. The van der Waals surface area contributed by atoms with Crippen LogP contribution in [-0.4, -0.2) is 55.8 Å². The molecule has 4 aromatic rings. The molecule has 0 atom stereocenters. The Hall–Kier alpha value is -3.80. The van der Waals surface area contributed by atoms with Crippen LogP contribution < -0.4 is 5.32 Å². The molecule has 1 N–H and O–H groups in total. The number of alkyl halides is 2. The van der Waals surface area contributed by atoms with Gasteiger partial charge in [-0.05, 0) is 50.1 Å². The molecular formula is C26H27F4N7O. The molecule has 12 heteroatoms. The van der Waals surface area contributed by atoms with Gasteiger partial charge in [-0.1, -0.05) is 24.3 Å². The Morgan fingerprint density at radius 3 is 2.61 bits per heavy atom. The molecule has 0 bridgehead atoms. The second-order valence-corrected chi connectivity index (χ2v) is 9.28. The average Bonchev–Trinajstić information content (AvgIpc) is 3.58. The van der Waals surface area contributed by atoms with E-state index in [-0.39, 0.29) is 29.6 Å². The normalized spacial score (nSPS) is 14.9. The van der Waals surface area contributed by atoms with E-state index in [1.165, 1.54) is 16.8 Å². The molecule has 0 amide bonds. The zero-order chi connectivity index (χ0) is 26.6. The molecule has 200 valence electrons. The standard InChI is InChI=1S/C26H27F4N7O/c1-2-10-36-11-8-18(9-12-36)31-21-5-3-4-19(23(21)28)22-15-37(35-32-22)14-17-7-6-16(13-20(17)27)25-33-34-26(38-25)24(29)30/h3-7,13,15,18,24,31H,2,8-12,14H2,1H3. The van der Waals surface area contributed by atoms with E-state index in [0.29, 0.717) is 16.9 Å². The number of halogens is 4. The van der Waals surface area contributed by atoms with Crippen LogP contribution in [0.5, 0.6) is 0 Å². The summed E-state index contributed by atoms with van der Waals surface area (Å²) in [5, 5.41) is 18.2. The van der Waals surface area contributed by atoms with Gasteiger partial charge in [0, 0.05) is 35.8 Å². The molecule has 2 aromatic heterocycles. The predicted octanol–water partition coefficient (Wildman–Crippen LogP) is 5.55. The van der Waals surface area contributed by atoms with Gasteiger partial charge in [0.2, 0.25) is 5.89 Å². The van der Waals surface area contributed by atoms with Crippen LogP contribution in [0.15, 0.2) is 47.0 Å². The Kier molecular flexibility index (Phi) is 7.68. The first-order valence-electron chi connectivity index (χ1n) is 12.5. The summed E-state index contributed by atoms with van der Waals surface area (Å²) in [5.74, 6) is -2.06. The van der Waals surface area contributed by atoms with Crippen molar-refractivity contribution in [2.45, 2.75) is 45.2 Å². The summed E-state index contributed by atoms with van der Waals surface area (Å²) in [6.45, 7) is 5.26. The molecule has 1 aliphatic heterocycles. The van der Waals surface area contributed by atoms with Gasteiger partial charge in [0.05, 0.1) is 18.4 Å². The van der Waals surface area contributed by atoms with Crippen molar-refractivity contribution < 1.29 is 22.0 Å². The Morgan fingerprint density at radius 2 is 1.89 bits per heavy atom. The van der Waals surface area contributed by atoms with E-state index in [1.54, 1.807) is 24.4 Å². The van der Waals surface area contributed by atoms with E-state index in [9.17, 15) is 13.2 Å². The third-order valence-electron chi connectivity index (χ3n) is 6.56. The Labute approximate surface area is 216 Å². The highest BCUT2D eigenvalue weighted by molar-refractivity contribution is 5.66. The van der Waals surface area contributed by atoms with Crippen molar-refractivity contribution in [2.75, 3.05) is 25.0 Å². The highest BCUT2D eigenvalue weighted by Gasteiger charge is 2.21.